The van der Waals surface area contributed by atoms with E-state index in [-0.39, 0.29) is 36.8 Å². The Morgan fingerprint density at radius 3 is 2.45 bits per heavy atom. The smallest absolute Gasteiger partial charge is 0.0637 e. The van der Waals surface area contributed by atoms with Crippen LogP contribution in [0.5, 0.6) is 0 Å². The van der Waals surface area contributed by atoms with Crippen LogP contribution in [0.1, 0.15) is 40.0 Å². The first-order valence-corrected chi connectivity index (χ1v) is 7.54. The van der Waals surface area contributed by atoms with Gasteiger partial charge in [-0.2, -0.15) is 0 Å². The fourth-order valence-electron chi connectivity index (χ4n) is 2.88. The van der Waals surface area contributed by atoms with Gasteiger partial charge in [0.05, 0.1) is 30.5 Å². The molecule has 0 aromatic rings. The van der Waals surface area contributed by atoms with Crippen molar-refractivity contribution in [3.8, 4) is 0 Å². The first-order chi connectivity index (χ1) is 9.38. The lowest BCUT2D eigenvalue weighted by atomic mass is 9.86. The Kier molecular flexibility index (Phi) is 7.40. The molecule has 0 aromatic heterocycles. The van der Waals surface area contributed by atoms with Crippen LogP contribution < -0.4 is 0 Å². The predicted molar refractivity (Wildman–Crippen MR) is 76.4 cm³/mol. The zero-order valence-electron chi connectivity index (χ0n) is 13.0. The average molecular weight is 290 g/mol. The highest BCUT2D eigenvalue weighted by Gasteiger charge is 2.32. The molecule has 0 aromatic carbocycles. The molecule has 0 aliphatic carbocycles. The number of rotatable bonds is 7. The van der Waals surface area contributed by atoms with Crippen LogP contribution in [0.15, 0.2) is 0 Å². The standard InChI is InChI=1S/C15H30O5/c1-9(8-16)15(18)11(3)14(17)7-13-6-12(19-4)5-10(2)20-13/h9-18H,5-8H2,1-4H3/t9-,10+,11+,12-,13-,14-,15+/m1/s1. The van der Waals surface area contributed by atoms with Crippen LogP contribution in [0.25, 0.3) is 0 Å². The lowest BCUT2D eigenvalue weighted by Crippen LogP contribution is -2.41. The SMILES string of the molecule is CO[C@H]1C[C@H](C[C@@H](O)[C@H](C)[C@@H](O)[C@H](C)CO)O[C@@H](C)C1. The molecule has 3 N–H and O–H groups in total. The van der Waals surface area contributed by atoms with Crippen molar-refractivity contribution in [3.05, 3.63) is 0 Å². The molecule has 5 nitrogen and oxygen atoms in total. The monoisotopic (exact) mass is 290 g/mol. The van der Waals surface area contributed by atoms with Gasteiger partial charge >= 0.3 is 0 Å². The maximum absolute atomic E-state index is 10.3. The summed E-state index contributed by atoms with van der Waals surface area (Å²) < 4.78 is 11.2. The topological polar surface area (TPSA) is 79.2 Å². The van der Waals surface area contributed by atoms with Crippen LogP contribution in [-0.2, 0) is 9.47 Å². The highest BCUT2D eigenvalue weighted by Crippen LogP contribution is 2.27. The highest BCUT2D eigenvalue weighted by atomic mass is 16.5. The first-order valence-electron chi connectivity index (χ1n) is 7.54. The molecule has 1 rings (SSSR count). The Morgan fingerprint density at radius 2 is 1.90 bits per heavy atom. The Hall–Kier alpha value is -0.200. The molecular weight excluding hydrogens is 260 g/mol. The molecule has 0 amide bonds. The average Bonchev–Trinajstić information content (AvgIpc) is 2.43. The quantitative estimate of drug-likeness (QED) is 0.650. The minimum atomic E-state index is -0.714. The number of aliphatic hydroxyl groups excluding tert-OH is 3. The fraction of sp³-hybridized carbons (Fsp3) is 1.00. The number of aliphatic hydroxyl groups is 3. The molecule has 1 fully saturated rings. The van der Waals surface area contributed by atoms with Crippen LogP contribution in [0.2, 0.25) is 0 Å². The zero-order valence-corrected chi connectivity index (χ0v) is 13.0. The normalized spacial score (nSPS) is 33.5. The number of ether oxygens (including phenoxy) is 2. The summed E-state index contributed by atoms with van der Waals surface area (Å²) in [6, 6.07) is 0. The van der Waals surface area contributed by atoms with Crippen LogP contribution in [0.3, 0.4) is 0 Å². The van der Waals surface area contributed by atoms with E-state index in [1.54, 1.807) is 14.0 Å². The summed E-state index contributed by atoms with van der Waals surface area (Å²) in [5.74, 6) is -0.531. The predicted octanol–water partition coefficient (Wildman–Crippen LogP) is 0.945. The Bertz CT molecular complexity index is 273. The summed E-state index contributed by atoms with van der Waals surface area (Å²) in [5.41, 5.74) is 0. The molecule has 7 atom stereocenters. The zero-order chi connectivity index (χ0) is 15.3. The van der Waals surface area contributed by atoms with Crippen LogP contribution >= 0.6 is 0 Å². The third-order valence-electron chi connectivity index (χ3n) is 4.40. The highest BCUT2D eigenvalue weighted by molar-refractivity contribution is 4.82. The number of methoxy groups -OCH3 is 1. The minimum Gasteiger partial charge on any atom is -0.396 e. The largest absolute Gasteiger partial charge is 0.396 e. The molecule has 1 heterocycles. The summed E-state index contributed by atoms with van der Waals surface area (Å²) in [5, 5.41) is 29.4. The van der Waals surface area contributed by atoms with E-state index in [1.807, 2.05) is 13.8 Å². The lowest BCUT2D eigenvalue weighted by Gasteiger charge is -2.36. The Labute approximate surface area is 121 Å². The van der Waals surface area contributed by atoms with Crippen molar-refractivity contribution in [1.29, 1.82) is 0 Å². The molecule has 0 spiro atoms. The van der Waals surface area contributed by atoms with Gasteiger partial charge in [-0.15, -0.1) is 0 Å². The van der Waals surface area contributed by atoms with Gasteiger partial charge in [0.1, 0.15) is 0 Å². The number of hydrogen-bond donors (Lipinski definition) is 3. The molecule has 1 saturated heterocycles. The van der Waals surface area contributed by atoms with Crippen LogP contribution in [0.4, 0.5) is 0 Å². The second kappa shape index (κ2) is 8.29. The van der Waals surface area contributed by atoms with Crippen molar-refractivity contribution >= 4 is 0 Å². The van der Waals surface area contributed by atoms with Gasteiger partial charge in [0.2, 0.25) is 0 Å². The molecule has 5 heteroatoms. The van der Waals surface area contributed by atoms with Crippen molar-refractivity contribution in [1.82, 2.24) is 0 Å². The van der Waals surface area contributed by atoms with Gasteiger partial charge in [0.25, 0.3) is 0 Å². The molecule has 120 valence electrons. The van der Waals surface area contributed by atoms with Crippen molar-refractivity contribution in [2.45, 2.75) is 70.6 Å². The maximum Gasteiger partial charge on any atom is 0.0637 e. The van der Waals surface area contributed by atoms with Crippen molar-refractivity contribution < 1.29 is 24.8 Å². The molecule has 0 radical (unpaired) electrons. The Balaban J connectivity index is 2.49. The molecular formula is C15H30O5. The third kappa shape index (κ3) is 4.97. The third-order valence-corrected chi connectivity index (χ3v) is 4.40. The van der Waals surface area contributed by atoms with Crippen molar-refractivity contribution in [2.24, 2.45) is 11.8 Å². The Morgan fingerprint density at radius 1 is 1.25 bits per heavy atom. The molecule has 0 unspecified atom stereocenters. The van der Waals surface area contributed by atoms with Gasteiger partial charge < -0.3 is 24.8 Å². The van der Waals surface area contributed by atoms with Crippen LogP contribution in [-0.4, -0.2) is 59.6 Å². The lowest BCUT2D eigenvalue weighted by molar-refractivity contribution is -0.119. The van der Waals surface area contributed by atoms with E-state index in [9.17, 15) is 10.2 Å². The maximum atomic E-state index is 10.3. The second-order valence-corrected chi connectivity index (χ2v) is 6.21. The minimum absolute atomic E-state index is 0.0437. The van der Waals surface area contributed by atoms with Crippen molar-refractivity contribution in [2.75, 3.05) is 13.7 Å². The molecule has 1 aliphatic heterocycles. The summed E-state index contributed by atoms with van der Waals surface area (Å²) in [4.78, 5) is 0. The van der Waals surface area contributed by atoms with Gasteiger partial charge in [0.15, 0.2) is 0 Å². The molecule has 20 heavy (non-hydrogen) atoms. The van der Waals surface area contributed by atoms with E-state index in [0.717, 1.165) is 12.8 Å². The van der Waals surface area contributed by atoms with E-state index < -0.39 is 12.2 Å². The number of hydrogen-bond acceptors (Lipinski definition) is 5. The first kappa shape index (κ1) is 17.9. The molecule has 0 saturated carbocycles. The second-order valence-electron chi connectivity index (χ2n) is 6.21. The van der Waals surface area contributed by atoms with Gasteiger partial charge in [-0.1, -0.05) is 13.8 Å². The van der Waals surface area contributed by atoms with Gasteiger partial charge in [0, 0.05) is 25.6 Å². The van der Waals surface area contributed by atoms with Gasteiger partial charge in [-0.25, -0.2) is 0 Å². The summed E-state index contributed by atoms with van der Waals surface area (Å²) in [7, 11) is 1.70. The van der Waals surface area contributed by atoms with E-state index in [4.69, 9.17) is 14.6 Å². The fourth-order valence-corrected chi connectivity index (χ4v) is 2.88. The van der Waals surface area contributed by atoms with Gasteiger partial charge in [-0.05, 0) is 26.2 Å². The molecule has 0 bridgehead atoms. The van der Waals surface area contributed by atoms with E-state index in [1.165, 1.54) is 0 Å². The summed E-state index contributed by atoms with van der Waals surface area (Å²) >= 11 is 0. The summed E-state index contributed by atoms with van der Waals surface area (Å²) in [6.07, 6.45) is 1.04. The summed E-state index contributed by atoms with van der Waals surface area (Å²) in [6.45, 7) is 5.51. The van der Waals surface area contributed by atoms with E-state index >= 15 is 0 Å². The van der Waals surface area contributed by atoms with Gasteiger partial charge in [-0.3, -0.25) is 0 Å². The van der Waals surface area contributed by atoms with Crippen LogP contribution in [0, 0.1) is 11.8 Å². The van der Waals surface area contributed by atoms with E-state index in [0.29, 0.717) is 6.42 Å². The van der Waals surface area contributed by atoms with Crippen molar-refractivity contribution in [3.63, 3.8) is 0 Å². The molecule has 1 aliphatic rings. The van der Waals surface area contributed by atoms with E-state index in [2.05, 4.69) is 0 Å².